The van der Waals surface area contributed by atoms with E-state index in [1.165, 1.54) is 5.39 Å². The summed E-state index contributed by atoms with van der Waals surface area (Å²) >= 11 is 0. The van der Waals surface area contributed by atoms with Crippen molar-refractivity contribution in [2.45, 2.75) is 0 Å². The SMILES string of the molecule is c1ccc(-c2cccc(-c3nc(-c4ccccc4)cc(-c4cccc(-c5ccc(-c6nc7ccccc7c7c(-c8ccccc8)c8c(cc67)oc6ccccc68)cc5)c4)n3)c2)cc1. The van der Waals surface area contributed by atoms with Gasteiger partial charge in [-0.2, -0.15) is 0 Å². The standard InChI is InChI=1S/C59H37N3O/c1-4-16-38(17-5-1)44-23-15-25-46(35-44)59-61-51(40-18-6-2-7-19-40)37-52(62-59)45-24-14-22-43(34-45)39-30-32-42(33-31-39)58-49-36-54-57(48-27-11-13-29-53(48)63-54)55(41-20-8-3-9-21-41)56(49)47-26-10-12-28-50(47)60-58/h1-37H. The lowest BCUT2D eigenvalue weighted by molar-refractivity contribution is 0.669. The van der Waals surface area contributed by atoms with Crippen molar-refractivity contribution in [3.63, 3.8) is 0 Å². The summed E-state index contributed by atoms with van der Waals surface area (Å²) in [7, 11) is 0. The van der Waals surface area contributed by atoms with Crippen molar-refractivity contribution in [3.05, 3.63) is 224 Å². The molecule has 3 aromatic heterocycles. The molecule has 3 heterocycles. The second-order valence-corrected chi connectivity index (χ2v) is 15.9. The van der Waals surface area contributed by atoms with Crippen molar-refractivity contribution >= 4 is 43.6 Å². The van der Waals surface area contributed by atoms with Crippen molar-refractivity contribution in [1.29, 1.82) is 0 Å². The van der Waals surface area contributed by atoms with E-state index in [2.05, 4.69) is 206 Å². The molecular formula is C59H37N3O. The number of hydrogen-bond donors (Lipinski definition) is 0. The van der Waals surface area contributed by atoms with Gasteiger partial charge < -0.3 is 4.42 Å². The molecule has 12 aromatic rings. The van der Waals surface area contributed by atoms with Gasteiger partial charge in [0.05, 0.1) is 22.6 Å². The van der Waals surface area contributed by atoms with E-state index >= 15 is 0 Å². The number of aromatic nitrogens is 3. The Bertz CT molecular complexity index is 3650. The Morgan fingerprint density at radius 3 is 1.54 bits per heavy atom. The van der Waals surface area contributed by atoms with Gasteiger partial charge in [-0.05, 0) is 64.2 Å². The van der Waals surface area contributed by atoms with Crippen LogP contribution in [0.3, 0.4) is 0 Å². The number of pyridine rings is 1. The quantitative estimate of drug-likeness (QED) is 0.151. The minimum Gasteiger partial charge on any atom is -0.456 e. The van der Waals surface area contributed by atoms with Gasteiger partial charge in [-0.3, -0.25) is 0 Å². The molecule has 63 heavy (non-hydrogen) atoms. The molecule has 0 saturated carbocycles. The molecule has 0 radical (unpaired) electrons. The zero-order valence-electron chi connectivity index (χ0n) is 34.1. The Morgan fingerprint density at radius 2 is 0.810 bits per heavy atom. The van der Waals surface area contributed by atoms with Crippen LogP contribution in [0.25, 0.3) is 122 Å². The number of nitrogens with zero attached hydrogens (tertiary/aromatic N) is 3. The summed E-state index contributed by atoms with van der Waals surface area (Å²) in [5, 5.41) is 5.56. The first-order chi connectivity index (χ1) is 31.2. The smallest absolute Gasteiger partial charge is 0.160 e. The highest BCUT2D eigenvalue weighted by atomic mass is 16.3. The minimum atomic E-state index is 0.685. The largest absolute Gasteiger partial charge is 0.456 e. The Morgan fingerprint density at radius 1 is 0.286 bits per heavy atom. The van der Waals surface area contributed by atoms with Crippen molar-refractivity contribution < 1.29 is 4.42 Å². The molecule has 0 N–H and O–H groups in total. The third-order valence-electron chi connectivity index (χ3n) is 12.1. The zero-order valence-corrected chi connectivity index (χ0v) is 34.1. The fourth-order valence-corrected chi connectivity index (χ4v) is 9.06. The summed E-state index contributed by atoms with van der Waals surface area (Å²) in [6.45, 7) is 0. The van der Waals surface area contributed by atoms with Gasteiger partial charge in [-0.1, -0.05) is 188 Å². The molecule has 0 spiro atoms. The number of fused-ring (bicyclic) bond motifs is 6. The van der Waals surface area contributed by atoms with Gasteiger partial charge in [0, 0.05) is 54.7 Å². The monoisotopic (exact) mass is 803 g/mol. The highest BCUT2D eigenvalue weighted by Gasteiger charge is 2.22. The third-order valence-corrected chi connectivity index (χ3v) is 12.1. The van der Waals surface area contributed by atoms with E-state index in [-0.39, 0.29) is 0 Å². The molecule has 4 nitrogen and oxygen atoms in total. The average Bonchev–Trinajstić information content (AvgIpc) is 3.74. The third kappa shape index (κ3) is 6.53. The first-order valence-electron chi connectivity index (χ1n) is 21.3. The molecule has 4 heteroatoms. The summed E-state index contributed by atoms with van der Waals surface area (Å²) in [6.07, 6.45) is 0. The Kier molecular flexibility index (Phi) is 8.79. The van der Waals surface area contributed by atoms with E-state index < -0.39 is 0 Å². The fourth-order valence-electron chi connectivity index (χ4n) is 9.06. The highest BCUT2D eigenvalue weighted by Crippen LogP contribution is 2.46. The summed E-state index contributed by atoms with van der Waals surface area (Å²) in [4.78, 5) is 15.7. The number of hydrogen-bond acceptors (Lipinski definition) is 4. The van der Waals surface area contributed by atoms with Crippen molar-refractivity contribution in [2.24, 2.45) is 0 Å². The Labute approximate surface area is 364 Å². The van der Waals surface area contributed by atoms with E-state index in [4.69, 9.17) is 19.4 Å². The van der Waals surface area contributed by atoms with E-state index in [9.17, 15) is 0 Å². The van der Waals surface area contributed by atoms with E-state index in [0.717, 1.165) is 111 Å². The van der Waals surface area contributed by atoms with Gasteiger partial charge in [0.2, 0.25) is 0 Å². The summed E-state index contributed by atoms with van der Waals surface area (Å²) in [5.41, 5.74) is 16.2. The molecule has 0 fully saturated rings. The van der Waals surface area contributed by atoms with E-state index in [1.807, 2.05) is 18.2 Å². The minimum absolute atomic E-state index is 0.685. The predicted molar refractivity (Wildman–Crippen MR) is 260 cm³/mol. The lowest BCUT2D eigenvalue weighted by atomic mass is 9.89. The molecule has 0 aliphatic heterocycles. The van der Waals surface area contributed by atoms with Crippen molar-refractivity contribution in [3.8, 4) is 78.5 Å². The van der Waals surface area contributed by atoms with Crippen LogP contribution >= 0.6 is 0 Å². The lowest BCUT2D eigenvalue weighted by Gasteiger charge is -2.16. The molecule has 294 valence electrons. The van der Waals surface area contributed by atoms with E-state index in [0.29, 0.717) is 5.82 Å². The summed E-state index contributed by atoms with van der Waals surface area (Å²) < 4.78 is 6.60. The second kappa shape index (κ2) is 15.2. The first-order valence-corrected chi connectivity index (χ1v) is 21.3. The Balaban J connectivity index is 0.975. The van der Waals surface area contributed by atoms with Crippen molar-refractivity contribution in [2.75, 3.05) is 0 Å². The van der Waals surface area contributed by atoms with Gasteiger partial charge in [0.1, 0.15) is 11.2 Å². The van der Waals surface area contributed by atoms with Crippen LogP contribution < -0.4 is 0 Å². The average molecular weight is 804 g/mol. The topological polar surface area (TPSA) is 51.8 Å². The molecule has 0 unspecified atom stereocenters. The van der Waals surface area contributed by atoms with Gasteiger partial charge in [0.15, 0.2) is 5.82 Å². The van der Waals surface area contributed by atoms with Gasteiger partial charge in [-0.15, -0.1) is 0 Å². The molecule has 0 bridgehead atoms. The maximum atomic E-state index is 6.60. The number of furan rings is 1. The zero-order chi connectivity index (χ0) is 41.7. The normalized spacial score (nSPS) is 11.5. The molecule has 12 rings (SSSR count). The second-order valence-electron chi connectivity index (χ2n) is 15.9. The molecule has 0 aliphatic carbocycles. The van der Waals surface area contributed by atoms with Crippen LogP contribution in [-0.4, -0.2) is 15.0 Å². The molecular weight excluding hydrogens is 767 g/mol. The maximum absolute atomic E-state index is 6.60. The molecule has 0 amide bonds. The summed E-state index contributed by atoms with van der Waals surface area (Å²) in [6, 6.07) is 78.5. The molecule has 0 saturated heterocycles. The molecule has 9 aromatic carbocycles. The summed E-state index contributed by atoms with van der Waals surface area (Å²) in [5.74, 6) is 0.685. The Hall–Kier alpha value is -8.47. The van der Waals surface area contributed by atoms with Crippen LogP contribution in [0.5, 0.6) is 0 Å². The highest BCUT2D eigenvalue weighted by molar-refractivity contribution is 6.27. The van der Waals surface area contributed by atoms with Crippen LogP contribution in [-0.2, 0) is 0 Å². The van der Waals surface area contributed by atoms with Crippen LogP contribution in [0.2, 0.25) is 0 Å². The van der Waals surface area contributed by atoms with Gasteiger partial charge >= 0.3 is 0 Å². The number of benzene rings is 9. The van der Waals surface area contributed by atoms with Crippen molar-refractivity contribution in [1.82, 2.24) is 15.0 Å². The van der Waals surface area contributed by atoms with Gasteiger partial charge in [0.25, 0.3) is 0 Å². The van der Waals surface area contributed by atoms with Gasteiger partial charge in [-0.25, -0.2) is 15.0 Å². The molecule has 0 atom stereocenters. The lowest BCUT2D eigenvalue weighted by Crippen LogP contribution is -1.96. The van der Waals surface area contributed by atoms with Crippen LogP contribution in [0.15, 0.2) is 229 Å². The number of rotatable bonds is 7. The number of para-hydroxylation sites is 2. The first kappa shape index (κ1) is 36.4. The fraction of sp³-hybridized carbons (Fsp3) is 0. The predicted octanol–water partition coefficient (Wildman–Crippen LogP) is 15.7. The van der Waals surface area contributed by atoms with Crippen LogP contribution in [0.1, 0.15) is 0 Å². The van der Waals surface area contributed by atoms with Crippen LogP contribution in [0.4, 0.5) is 0 Å². The van der Waals surface area contributed by atoms with E-state index in [1.54, 1.807) is 0 Å². The maximum Gasteiger partial charge on any atom is 0.160 e. The van der Waals surface area contributed by atoms with Crippen LogP contribution in [0, 0.1) is 0 Å². The molecule has 0 aliphatic rings.